The van der Waals surface area contributed by atoms with Crippen LogP contribution in [0.15, 0.2) is 61.1 Å². The molecule has 1 aromatic carbocycles. The molecule has 0 radical (unpaired) electrons. The number of hydrogen-bond donors (Lipinski definition) is 1. The van der Waals surface area contributed by atoms with Gasteiger partial charge in [-0.05, 0) is 49.4 Å². The molecule has 0 atom stereocenters. The van der Waals surface area contributed by atoms with Crippen molar-refractivity contribution in [3.8, 4) is 11.4 Å². The maximum atomic E-state index is 11.3. The minimum Gasteiger partial charge on any atom is -0.340 e. The van der Waals surface area contributed by atoms with E-state index in [1.165, 1.54) is 0 Å². The lowest BCUT2D eigenvalue weighted by atomic mass is 10.1. The van der Waals surface area contributed by atoms with Crippen LogP contribution < -0.4 is 5.32 Å². The van der Waals surface area contributed by atoms with Crippen LogP contribution in [0.25, 0.3) is 11.4 Å². The maximum absolute atomic E-state index is 11.3. The van der Waals surface area contributed by atoms with E-state index in [1.54, 1.807) is 43.7 Å². The number of nitrogens with zero attached hydrogens (tertiary/aromatic N) is 3. The third-order valence-corrected chi connectivity index (χ3v) is 3.16. The fourth-order valence-corrected chi connectivity index (χ4v) is 2.00. The van der Waals surface area contributed by atoms with Crippen LogP contribution >= 0.6 is 0 Å². The average Bonchev–Trinajstić information content (AvgIpc) is 2.56. The first kappa shape index (κ1) is 13.9. The van der Waals surface area contributed by atoms with E-state index in [0.29, 0.717) is 17.2 Å². The summed E-state index contributed by atoms with van der Waals surface area (Å²) in [7, 11) is 0. The minimum atomic E-state index is 0.0496. The van der Waals surface area contributed by atoms with E-state index in [0.717, 1.165) is 11.3 Å². The van der Waals surface area contributed by atoms with Crippen LogP contribution in [0.4, 0.5) is 11.5 Å². The smallest absolute Gasteiger partial charge is 0.161 e. The van der Waals surface area contributed by atoms with Crippen molar-refractivity contribution in [3.05, 3.63) is 66.6 Å². The second-order valence-electron chi connectivity index (χ2n) is 4.76. The lowest BCUT2D eigenvalue weighted by Crippen LogP contribution is -1.98. The molecule has 1 N–H and O–H groups in total. The predicted molar refractivity (Wildman–Crippen MR) is 85.0 cm³/mol. The van der Waals surface area contributed by atoms with Crippen LogP contribution in [0.2, 0.25) is 0 Å². The summed E-state index contributed by atoms with van der Waals surface area (Å²) in [5.41, 5.74) is 2.46. The summed E-state index contributed by atoms with van der Waals surface area (Å²) in [6.45, 7) is 1.55. The summed E-state index contributed by atoms with van der Waals surface area (Å²) in [4.78, 5) is 24.0. The first-order valence-electron chi connectivity index (χ1n) is 6.84. The molecular formula is C17H14N4O. The number of nitrogens with one attached hydrogen (secondary N) is 1. The summed E-state index contributed by atoms with van der Waals surface area (Å²) in [6.07, 6.45) is 5.12. The number of rotatable bonds is 4. The Balaban J connectivity index is 1.82. The van der Waals surface area contributed by atoms with Crippen LogP contribution in [0, 0.1) is 0 Å². The highest BCUT2D eigenvalue weighted by atomic mass is 16.1. The van der Waals surface area contributed by atoms with Gasteiger partial charge in [-0.15, -0.1) is 0 Å². The SMILES string of the molecule is CC(=O)c1ccc(Nc2ccnc(-c3ccncc3)n2)cc1. The lowest BCUT2D eigenvalue weighted by molar-refractivity contribution is 0.101. The van der Waals surface area contributed by atoms with Crippen molar-refractivity contribution in [2.24, 2.45) is 0 Å². The summed E-state index contributed by atoms with van der Waals surface area (Å²) in [6, 6.07) is 12.8. The summed E-state index contributed by atoms with van der Waals surface area (Å²) in [5, 5.41) is 3.20. The van der Waals surface area contributed by atoms with Crippen molar-refractivity contribution >= 4 is 17.3 Å². The topological polar surface area (TPSA) is 67.8 Å². The number of ketones is 1. The Bertz CT molecular complexity index is 785. The normalized spacial score (nSPS) is 10.2. The molecule has 0 unspecified atom stereocenters. The van der Waals surface area contributed by atoms with E-state index < -0.39 is 0 Å². The molecule has 108 valence electrons. The molecule has 0 aliphatic rings. The molecule has 5 nitrogen and oxygen atoms in total. The second kappa shape index (κ2) is 6.13. The van der Waals surface area contributed by atoms with Crippen molar-refractivity contribution in [1.29, 1.82) is 0 Å². The fourth-order valence-electron chi connectivity index (χ4n) is 2.00. The van der Waals surface area contributed by atoms with Crippen molar-refractivity contribution in [1.82, 2.24) is 15.0 Å². The summed E-state index contributed by atoms with van der Waals surface area (Å²) in [5.74, 6) is 1.37. The fraction of sp³-hybridized carbons (Fsp3) is 0.0588. The highest BCUT2D eigenvalue weighted by Crippen LogP contribution is 2.18. The summed E-state index contributed by atoms with van der Waals surface area (Å²) >= 11 is 0. The third-order valence-electron chi connectivity index (χ3n) is 3.16. The van der Waals surface area contributed by atoms with Gasteiger partial charge in [-0.1, -0.05) is 0 Å². The molecule has 2 heterocycles. The Morgan fingerprint density at radius 1 is 0.955 bits per heavy atom. The zero-order valence-electron chi connectivity index (χ0n) is 12.0. The van der Waals surface area contributed by atoms with E-state index in [-0.39, 0.29) is 5.78 Å². The van der Waals surface area contributed by atoms with Gasteiger partial charge in [0.05, 0.1) is 0 Å². The van der Waals surface area contributed by atoms with Crippen LogP contribution in [0.5, 0.6) is 0 Å². The number of aromatic nitrogens is 3. The van der Waals surface area contributed by atoms with Crippen LogP contribution in [0.1, 0.15) is 17.3 Å². The highest BCUT2D eigenvalue weighted by Gasteiger charge is 2.03. The predicted octanol–water partition coefficient (Wildman–Crippen LogP) is 3.48. The van der Waals surface area contributed by atoms with Crippen LogP contribution in [-0.4, -0.2) is 20.7 Å². The van der Waals surface area contributed by atoms with Crippen molar-refractivity contribution in [2.75, 3.05) is 5.32 Å². The molecular weight excluding hydrogens is 276 g/mol. The molecule has 0 fully saturated rings. The number of pyridine rings is 1. The lowest BCUT2D eigenvalue weighted by Gasteiger charge is -2.07. The number of carbonyl (C=O) groups excluding carboxylic acids is 1. The average molecular weight is 290 g/mol. The van der Waals surface area contributed by atoms with Gasteiger partial charge in [0.15, 0.2) is 11.6 Å². The Morgan fingerprint density at radius 3 is 2.36 bits per heavy atom. The molecule has 2 aromatic heterocycles. The zero-order valence-corrected chi connectivity index (χ0v) is 12.0. The van der Waals surface area contributed by atoms with Crippen LogP contribution in [0.3, 0.4) is 0 Å². The molecule has 3 rings (SSSR count). The second-order valence-corrected chi connectivity index (χ2v) is 4.76. The van der Waals surface area contributed by atoms with Gasteiger partial charge in [0, 0.05) is 35.4 Å². The maximum Gasteiger partial charge on any atom is 0.161 e. The molecule has 0 aliphatic heterocycles. The monoisotopic (exact) mass is 290 g/mol. The van der Waals surface area contributed by atoms with Gasteiger partial charge < -0.3 is 5.32 Å². The van der Waals surface area contributed by atoms with E-state index in [4.69, 9.17) is 0 Å². The molecule has 0 spiro atoms. The largest absolute Gasteiger partial charge is 0.340 e. The van der Waals surface area contributed by atoms with E-state index in [9.17, 15) is 4.79 Å². The van der Waals surface area contributed by atoms with Gasteiger partial charge in [0.1, 0.15) is 5.82 Å². The molecule has 0 saturated heterocycles. The van der Waals surface area contributed by atoms with E-state index in [1.807, 2.05) is 24.3 Å². The standard InChI is InChI=1S/C17H14N4O/c1-12(22)13-2-4-15(5-3-13)20-16-8-11-19-17(21-16)14-6-9-18-10-7-14/h2-11H,1H3,(H,19,20,21). The number of hydrogen-bond acceptors (Lipinski definition) is 5. The quantitative estimate of drug-likeness (QED) is 0.745. The number of Topliss-reactive ketones (excluding diaryl/α,β-unsaturated/α-hetero) is 1. The number of anilines is 2. The molecule has 3 aromatic rings. The van der Waals surface area contributed by atoms with E-state index in [2.05, 4.69) is 20.3 Å². The molecule has 5 heteroatoms. The first-order valence-corrected chi connectivity index (χ1v) is 6.84. The van der Waals surface area contributed by atoms with Crippen molar-refractivity contribution < 1.29 is 4.79 Å². The molecule has 0 bridgehead atoms. The van der Waals surface area contributed by atoms with Crippen LogP contribution in [-0.2, 0) is 0 Å². The van der Waals surface area contributed by atoms with Gasteiger partial charge in [-0.2, -0.15) is 0 Å². The number of benzene rings is 1. The van der Waals surface area contributed by atoms with Gasteiger partial charge in [-0.25, -0.2) is 9.97 Å². The van der Waals surface area contributed by atoms with Gasteiger partial charge in [-0.3, -0.25) is 9.78 Å². The van der Waals surface area contributed by atoms with Gasteiger partial charge in [0.25, 0.3) is 0 Å². The van der Waals surface area contributed by atoms with Crippen molar-refractivity contribution in [3.63, 3.8) is 0 Å². The Kier molecular flexibility index (Phi) is 3.87. The molecule has 0 amide bonds. The van der Waals surface area contributed by atoms with E-state index >= 15 is 0 Å². The first-order chi connectivity index (χ1) is 10.7. The highest BCUT2D eigenvalue weighted by molar-refractivity contribution is 5.94. The molecule has 0 aliphatic carbocycles. The Morgan fingerprint density at radius 2 is 1.68 bits per heavy atom. The summed E-state index contributed by atoms with van der Waals surface area (Å²) < 4.78 is 0. The molecule has 22 heavy (non-hydrogen) atoms. The zero-order chi connectivity index (χ0) is 15.4. The van der Waals surface area contributed by atoms with Crippen molar-refractivity contribution in [2.45, 2.75) is 6.92 Å². The Labute approximate surface area is 128 Å². The minimum absolute atomic E-state index is 0.0496. The third kappa shape index (κ3) is 3.15. The molecule has 0 saturated carbocycles. The number of carbonyl (C=O) groups is 1. The Hall–Kier alpha value is -3.08. The van der Waals surface area contributed by atoms with Gasteiger partial charge >= 0.3 is 0 Å². The van der Waals surface area contributed by atoms with Gasteiger partial charge in [0.2, 0.25) is 0 Å².